The number of aryl methyl sites for hydroxylation is 1. The van der Waals surface area contributed by atoms with E-state index in [2.05, 4.69) is 24.3 Å². The Morgan fingerprint density at radius 1 is 1.18 bits per heavy atom. The molecule has 0 unspecified atom stereocenters. The number of nitrogens with one attached hydrogen (secondary N) is 1. The second-order valence-corrected chi connectivity index (χ2v) is 6.97. The normalized spacial score (nSPS) is 14.8. The van der Waals surface area contributed by atoms with Gasteiger partial charge in [-0.25, -0.2) is 4.79 Å². The lowest BCUT2D eigenvalue weighted by molar-refractivity contribution is 0.0860. The molecule has 28 heavy (non-hydrogen) atoms. The predicted octanol–water partition coefficient (Wildman–Crippen LogP) is 3.23. The second-order valence-electron chi connectivity index (χ2n) is 6.97. The van der Waals surface area contributed by atoms with Crippen LogP contribution in [0.15, 0.2) is 30.5 Å². The van der Waals surface area contributed by atoms with Crippen LogP contribution < -0.4 is 5.32 Å². The topological polar surface area (TPSA) is 76.5 Å². The molecule has 1 fully saturated rings. The zero-order chi connectivity index (χ0) is 20.1. The van der Waals surface area contributed by atoms with Gasteiger partial charge in [-0.2, -0.15) is 5.10 Å². The molecule has 0 bridgehead atoms. The standard InChI is InChI=1S/C21H28N4O3/c1-4-25-15(3)19(14-22-25)16-6-8-17(9-7-16)20(26)23-18-10-12-24(13-11-18)21(27)28-5-2/h6-9,14,18H,4-5,10-13H2,1-3H3,(H,23,26). The van der Waals surface area contributed by atoms with Crippen LogP contribution in [0.4, 0.5) is 4.79 Å². The first-order valence-corrected chi connectivity index (χ1v) is 9.88. The van der Waals surface area contributed by atoms with Crippen molar-refractivity contribution in [2.45, 2.75) is 46.2 Å². The zero-order valence-electron chi connectivity index (χ0n) is 16.8. The Morgan fingerprint density at radius 2 is 1.86 bits per heavy atom. The van der Waals surface area contributed by atoms with Crippen molar-refractivity contribution in [1.29, 1.82) is 0 Å². The van der Waals surface area contributed by atoms with E-state index >= 15 is 0 Å². The van der Waals surface area contributed by atoms with Gasteiger partial charge in [0.2, 0.25) is 0 Å². The lowest BCUT2D eigenvalue weighted by atomic mass is 10.0. The van der Waals surface area contributed by atoms with Gasteiger partial charge in [0.25, 0.3) is 5.91 Å². The predicted molar refractivity (Wildman–Crippen MR) is 107 cm³/mol. The SMILES string of the molecule is CCOC(=O)N1CCC(NC(=O)c2ccc(-c3cnn(CC)c3C)cc2)CC1. The van der Waals surface area contributed by atoms with E-state index in [0.717, 1.165) is 36.2 Å². The summed E-state index contributed by atoms with van der Waals surface area (Å²) in [5.41, 5.74) is 3.89. The fourth-order valence-corrected chi connectivity index (χ4v) is 3.54. The van der Waals surface area contributed by atoms with E-state index in [-0.39, 0.29) is 18.0 Å². The highest BCUT2D eigenvalue weighted by Gasteiger charge is 2.24. The quantitative estimate of drug-likeness (QED) is 0.859. The molecule has 1 aromatic carbocycles. The number of hydrogen-bond donors (Lipinski definition) is 1. The Labute approximate surface area is 165 Å². The molecule has 1 N–H and O–H groups in total. The van der Waals surface area contributed by atoms with Crippen LogP contribution in [0.5, 0.6) is 0 Å². The van der Waals surface area contributed by atoms with E-state index in [1.165, 1.54) is 0 Å². The third kappa shape index (κ3) is 4.35. The van der Waals surface area contributed by atoms with E-state index in [9.17, 15) is 9.59 Å². The van der Waals surface area contributed by atoms with Gasteiger partial charge >= 0.3 is 6.09 Å². The smallest absolute Gasteiger partial charge is 0.409 e. The minimum atomic E-state index is -0.274. The molecule has 0 spiro atoms. The molecule has 2 heterocycles. The highest BCUT2D eigenvalue weighted by molar-refractivity contribution is 5.94. The van der Waals surface area contributed by atoms with Gasteiger partial charge in [-0.1, -0.05) is 12.1 Å². The average molecular weight is 384 g/mol. The van der Waals surface area contributed by atoms with E-state index < -0.39 is 0 Å². The molecule has 1 aliphatic rings. The van der Waals surface area contributed by atoms with E-state index in [1.807, 2.05) is 35.1 Å². The number of piperidine rings is 1. The Hall–Kier alpha value is -2.83. The van der Waals surface area contributed by atoms with E-state index in [4.69, 9.17) is 4.74 Å². The van der Waals surface area contributed by atoms with Crippen LogP contribution in [0.25, 0.3) is 11.1 Å². The van der Waals surface area contributed by atoms with Gasteiger partial charge in [-0.05, 0) is 51.3 Å². The number of benzene rings is 1. The first kappa shape index (κ1) is 19.9. The summed E-state index contributed by atoms with van der Waals surface area (Å²) >= 11 is 0. The third-order valence-electron chi connectivity index (χ3n) is 5.22. The van der Waals surface area contributed by atoms with Gasteiger partial charge in [-0.3, -0.25) is 9.48 Å². The van der Waals surface area contributed by atoms with Gasteiger partial charge in [0.1, 0.15) is 0 Å². The largest absolute Gasteiger partial charge is 0.450 e. The number of aromatic nitrogens is 2. The summed E-state index contributed by atoms with van der Waals surface area (Å²) in [5, 5.41) is 7.45. The van der Waals surface area contributed by atoms with Crippen LogP contribution >= 0.6 is 0 Å². The molecule has 2 amide bonds. The number of likely N-dealkylation sites (tertiary alicyclic amines) is 1. The molecule has 0 atom stereocenters. The number of amides is 2. The number of ether oxygens (including phenoxy) is 1. The van der Waals surface area contributed by atoms with Gasteiger partial charge in [0, 0.05) is 42.5 Å². The molecule has 3 rings (SSSR count). The number of nitrogens with zero attached hydrogens (tertiary/aromatic N) is 3. The lowest BCUT2D eigenvalue weighted by Crippen LogP contribution is -2.46. The summed E-state index contributed by atoms with van der Waals surface area (Å²) in [6, 6.07) is 7.69. The molecule has 7 nitrogen and oxygen atoms in total. The average Bonchev–Trinajstić information content (AvgIpc) is 3.09. The van der Waals surface area contributed by atoms with Crippen LogP contribution in [0.2, 0.25) is 0 Å². The Balaban J connectivity index is 1.57. The molecule has 0 aliphatic carbocycles. The van der Waals surface area contributed by atoms with Crippen molar-refractivity contribution in [3.05, 3.63) is 41.7 Å². The molecule has 1 saturated heterocycles. The number of carbonyl (C=O) groups is 2. The maximum atomic E-state index is 12.6. The number of hydrogen-bond acceptors (Lipinski definition) is 4. The van der Waals surface area contributed by atoms with E-state index in [1.54, 1.807) is 11.8 Å². The summed E-state index contributed by atoms with van der Waals surface area (Å²) in [5.74, 6) is -0.0814. The van der Waals surface area contributed by atoms with Crippen LogP contribution in [-0.4, -0.2) is 52.4 Å². The Kier molecular flexibility index (Phi) is 6.34. The van der Waals surface area contributed by atoms with E-state index in [0.29, 0.717) is 25.3 Å². The molecule has 1 aliphatic heterocycles. The molecular formula is C21H28N4O3. The molecule has 150 valence electrons. The first-order chi connectivity index (χ1) is 13.5. The fraction of sp³-hybridized carbons (Fsp3) is 0.476. The van der Waals surface area contributed by atoms with Crippen molar-refractivity contribution >= 4 is 12.0 Å². The van der Waals surface area contributed by atoms with Gasteiger partial charge in [0.15, 0.2) is 0 Å². The van der Waals surface area contributed by atoms with Crippen LogP contribution in [0.3, 0.4) is 0 Å². The van der Waals surface area contributed by atoms with Crippen molar-refractivity contribution in [1.82, 2.24) is 20.0 Å². The molecule has 0 radical (unpaired) electrons. The van der Waals surface area contributed by atoms with Gasteiger partial charge < -0.3 is 15.0 Å². The van der Waals surface area contributed by atoms with Crippen molar-refractivity contribution in [3.8, 4) is 11.1 Å². The van der Waals surface area contributed by atoms with Crippen molar-refractivity contribution in [2.24, 2.45) is 0 Å². The highest BCUT2D eigenvalue weighted by atomic mass is 16.6. The summed E-state index contributed by atoms with van der Waals surface area (Å²) in [6.07, 6.45) is 3.06. The summed E-state index contributed by atoms with van der Waals surface area (Å²) in [4.78, 5) is 26.0. The van der Waals surface area contributed by atoms with Crippen LogP contribution in [0.1, 0.15) is 42.7 Å². The number of rotatable bonds is 5. The van der Waals surface area contributed by atoms with Crippen LogP contribution in [0, 0.1) is 6.92 Å². The molecule has 1 aromatic heterocycles. The minimum Gasteiger partial charge on any atom is -0.450 e. The summed E-state index contributed by atoms with van der Waals surface area (Å²) in [6.45, 7) is 8.33. The lowest BCUT2D eigenvalue weighted by Gasteiger charge is -2.31. The maximum absolute atomic E-state index is 12.6. The maximum Gasteiger partial charge on any atom is 0.409 e. The monoisotopic (exact) mass is 384 g/mol. The molecule has 2 aromatic rings. The number of carbonyl (C=O) groups excluding carboxylic acids is 2. The summed E-state index contributed by atoms with van der Waals surface area (Å²) < 4.78 is 6.98. The minimum absolute atomic E-state index is 0.0721. The highest BCUT2D eigenvalue weighted by Crippen LogP contribution is 2.23. The van der Waals surface area contributed by atoms with Crippen molar-refractivity contribution in [3.63, 3.8) is 0 Å². The van der Waals surface area contributed by atoms with Crippen molar-refractivity contribution < 1.29 is 14.3 Å². The van der Waals surface area contributed by atoms with Gasteiger partial charge in [0.05, 0.1) is 12.8 Å². The molecular weight excluding hydrogens is 356 g/mol. The molecule has 7 heteroatoms. The third-order valence-corrected chi connectivity index (χ3v) is 5.22. The van der Waals surface area contributed by atoms with Crippen LogP contribution in [-0.2, 0) is 11.3 Å². The van der Waals surface area contributed by atoms with Gasteiger partial charge in [-0.15, -0.1) is 0 Å². The molecule has 0 saturated carbocycles. The zero-order valence-corrected chi connectivity index (χ0v) is 16.8. The Bertz CT molecular complexity index is 821. The Morgan fingerprint density at radius 3 is 2.43 bits per heavy atom. The first-order valence-electron chi connectivity index (χ1n) is 9.88. The summed E-state index contributed by atoms with van der Waals surface area (Å²) in [7, 11) is 0. The second kappa shape index (κ2) is 8.91. The fourth-order valence-electron chi connectivity index (χ4n) is 3.54. The van der Waals surface area contributed by atoms with Crippen molar-refractivity contribution in [2.75, 3.05) is 19.7 Å².